The fourth-order valence-corrected chi connectivity index (χ4v) is 3.05. The second-order valence-corrected chi connectivity index (χ2v) is 6.75. The molecule has 2 unspecified atom stereocenters. The van der Waals surface area contributed by atoms with E-state index in [1.54, 1.807) is 0 Å². The van der Waals surface area contributed by atoms with Crippen LogP contribution in [0.15, 0.2) is 24.3 Å². The molecule has 0 saturated carbocycles. The first-order valence-electron chi connectivity index (χ1n) is 7.45. The topological polar surface area (TPSA) is 93.4 Å². The molecule has 0 spiro atoms. The van der Waals surface area contributed by atoms with Crippen LogP contribution in [0, 0.1) is 14.9 Å². The number of nitrogens with one attached hydrogen (secondary N) is 1. The van der Waals surface area contributed by atoms with Crippen molar-refractivity contribution in [2.75, 3.05) is 6.54 Å². The summed E-state index contributed by atoms with van der Waals surface area (Å²) in [5.41, 5.74) is 0.955. The number of carbonyl (C=O) groups is 2. The van der Waals surface area contributed by atoms with E-state index in [0.29, 0.717) is 19.4 Å². The lowest BCUT2D eigenvalue weighted by Gasteiger charge is -2.32. The van der Waals surface area contributed by atoms with Crippen LogP contribution in [0.3, 0.4) is 0 Å². The summed E-state index contributed by atoms with van der Waals surface area (Å²) in [6, 6.07) is 8.44. The molecule has 0 aromatic heterocycles. The molecule has 1 aliphatic rings. The highest BCUT2D eigenvalue weighted by Crippen LogP contribution is 2.17. The van der Waals surface area contributed by atoms with Crippen molar-refractivity contribution in [3.63, 3.8) is 0 Å². The molecule has 1 heterocycles. The monoisotopic (exact) mass is 427 g/mol. The second kappa shape index (κ2) is 8.15. The van der Waals surface area contributed by atoms with Crippen LogP contribution in [0.25, 0.3) is 0 Å². The minimum atomic E-state index is -1.09. The third-order valence-electron chi connectivity index (χ3n) is 3.88. The van der Waals surface area contributed by atoms with Crippen LogP contribution < -0.4 is 5.32 Å². The number of carboxylic acid groups (broad SMARTS) is 1. The zero-order chi connectivity index (χ0) is 16.8. The van der Waals surface area contributed by atoms with Gasteiger partial charge < -0.3 is 10.4 Å². The summed E-state index contributed by atoms with van der Waals surface area (Å²) in [5, 5.41) is 21.1. The molecule has 1 saturated heterocycles. The smallest absolute Gasteiger partial charge is 0.407 e. The Labute approximate surface area is 148 Å². The quantitative estimate of drug-likeness (QED) is 0.722. The highest BCUT2D eigenvalue weighted by molar-refractivity contribution is 14.1. The Morgan fingerprint density at radius 3 is 2.70 bits per heavy atom. The minimum absolute atomic E-state index is 0.363. The van der Waals surface area contributed by atoms with Gasteiger partial charge in [0.2, 0.25) is 5.91 Å². The van der Waals surface area contributed by atoms with Crippen molar-refractivity contribution in [1.29, 1.82) is 5.26 Å². The van der Waals surface area contributed by atoms with Crippen LogP contribution in [0.1, 0.15) is 24.8 Å². The number of halogens is 1. The molecule has 0 aliphatic carbocycles. The molecule has 23 heavy (non-hydrogen) atoms. The number of piperidine rings is 1. The lowest BCUT2D eigenvalue weighted by molar-refractivity contribution is -0.127. The van der Waals surface area contributed by atoms with Gasteiger partial charge in [0.05, 0.1) is 6.07 Å². The van der Waals surface area contributed by atoms with Crippen LogP contribution in [0.2, 0.25) is 0 Å². The summed E-state index contributed by atoms with van der Waals surface area (Å²) in [6.45, 7) is 0.363. The van der Waals surface area contributed by atoms with Gasteiger partial charge in [0.1, 0.15) is 12.1 Å². The Bertz CT molecular complexity index is 612. The van der Waals surface area contributed by atoms with Gasteiger partial charge in [-0.3, -0.25) is 9.69 Å². The second-order valence-electron chi connectivity index (χ2n) is 5.51. The number of nitrogens with zero attached hydrogens (tertiary/aromatic N) is 2. The van der Waals surface area contributed by atoms with Gasteiger partial charge in [0, 0.05) is 16.5 Å². The standard InChI is InChI=1S/C16H18IN3O3/c17-12-6-4-11(5-7-12)9-13(10-18)19-15(21)14-3-1-2-8-20(14)16(22)23/h4-7,13-14H,1-3,8-9H2,(H,19,21)(H,22,23). The zero-order valence-electron chi connectivity index (χ0n) is 12.5. The molecule has 1 aromatic carbocycles. The predicted molar refractivity (Wildman–Crippen MR) is 92.8 cm³/mol. The molecule has 2 rings (SSSR count). The van der Waals surface area contributed by atoms with E-state index in [1.807, 2.05) is 24.3 Å². The lowest BCUT2D eigenvalue weighted by atomic mass is 10.0. The maximum Gasteiger partial charge on any atom is 0.407 e. The van der Waals surface area contributed by atoms with Gasteiger partial charge in [-0.15, -0.1) is 0 Å². The van der Waals surface area contributed by atoms with Crippen LogP contribution in [-0.4, -0.2) is 40.6 Å². The van der Waals surface area contributed by atoms with Gasteiger partial charge >= 0.3 is 6.09 Å². The molecule has 2 amide bonds. The lowest BCUT2D eigenvalue weighted by Crippen LogP contribution is -2.53. The van der Waals surface area contributed by atoms with E-state index in [2.05, 4.69) is 34.0 Å². The summed E-state index contributed by atoms with van der Waals surface area (Å²) < 4.78 is 1.10. The molecule has 2 N–H and O–H groups in total. The van der Waals surface area contributed by atoms with E-state index in [0.717, 1.165) is 26.9 Å². The van der Waals surface area contributed by atoms with Crippen molar-refractivity contribution in [3.05, 3.63) is 33.4 Å². The van der Waals surface area contributed by atoms with E-state index >= 15 is 0 Å². The molecular weight excluding hydrogens is 409 g/mol. The van der Waals surface area contributed by atoms with Crippen LogP contribution in [0.4, 0.5) is 4.79 Å². The number of nitriles is 1. The summed E-state index contributed by atoms with van der Waals surface area (Å²) in [4.78, 5) is 24.8. The molecule has 122 valence electrons. The van der Waals surface area contributed by atoms with Crippen molar-refractivity contribution in [1.82, 2.24) is 10.2 Å². The molecule has 2 atom stereocenters. The van der Waals surface area contributed by atoms with Gasteiger partial charge in [-0.25, -0.2) is 4.79 Å². The van der Waals surface area contributed by atoms with E-state index in [4.69, 9.17) is 0 Å². The SMILES string of the molecule is N#CC(Cc1ccc(I)cc1)NC(=O)C1CCCCN1C(=O)O. The van der Waals surface area contributed by atoms with E-state index < -0.39 is 18.2 Å². The van der Waals surface area contributed by atoms with Gasteiger partial charge in [0.15, 0.2) is 0 Å². The van der Waals surface area contributed by atoms with Crippen molar-refractivity contribution >= 4 is 34.6 Å². The largest absolute Gasteiger partial charge is 0.465 e. The highest BCUT2D eigenvalue weighted by atomic mass is 127. The van der Waals surface area contributed by atoms with Crippen molar-refractivity contribution in [2.45, 2.75) is 37.8 Å². The zero-order valence-corrected chi connectivity index (χ0v) is 14.7. The maximum absolute atomic E-state index is 12.4. The van der Waals surface area contributed by atoms with E-state index in [9.17, 15) is 20.0 Å². The summed E-state index contributed by atoms with van der Waals surface area (Å²) in [6.07, 6.45) is 1.39. The molecular formula is C16H18IN3O3. The van der Waals surface area contributed by atoms with E-state index in [-0.39, 0.29) is 5.91 Å². The first kappa shape index (κ1) is 17.5. The molecule has 1 aliphatic heterocycles. The fourth-order valence-electron chi connectivity index (χ4n) is 2.69. The van der Waals surface area contributed by atoms with Gasteiger partial charge in [-0.2, -0.15) is 5.26 Å². The van der Waals surface area contributed by atoms with Crippen molar-refractivity contribution in [2.24, 2.45) is 0 Å². The first-order chi connectivity index (χ1) is 11.0. The van der Waals surface area contributed by atoms with Gasteiger partial charge in [-0.05, 0) is 59.5 Å². The molecule has 1 fully saturated rings. The highest BCUT2D eigenvalue weighted by Gasteiger charge is 2.32. The Morgan fingerprint density at radius 1 is 1.39 bits per heavy atom. The molecule has 0 radical (unpaired) electrons. The number of hydrogen-bond acceptors (Lipinski definition) is 3. The molecule has 6 nitrogen and oxygen atoms in total. The number of benzene rings is 1. The summed E-state index contributed by atoms with van der Waals surface area (Å²) in [7, 11) is 0. The number of hydrogen-bond donors (Lipinski definition) is 2. The Hall–Kier alpha value is -1.82. The maximum atomic E-state index is 12.4. The van der Waals surface area contributed by atoms with Crippen LogP contribution in [-0.2, 0) is 11.2 Å². The number of amides is 2. The molecule has 1 aromatic rings. The number of carbonyl (C=O) groups excluding carboxylic acids is 1. The molecule has 7 heteroatoms. The Balaban J connectivity index is 2.00. The molecule has 0 bridgehead atoms. The van der Waals surface area contributed by atoms with Crippen LogP contribution >= 0.6 is 22.6 Å². The van der Waals surface area contributed by atoms with Crippen molar-refractivity contribution < 1.29 is 14.7 Å². The minimum Gasteiger partial charge on any atom is -0.465 e. The normalized spacial score (nSPS) is 18.8. The average Bonchev–Trinajstić information content (AvgIpc) is 2.56. The third-order valence-corrected chi connectivity index (χ3v) is 4.60. The third kappa shape index (κ3) is 4.82. The summed E-state index contributed by atoms with van der Waals surface area (Å²) >= 11 is 2.20. The Kier molecular flexibility index (Phi) is 6.21. The van der Waals surface area contributed by atoms with Crippen LogP contribution in [0.5, 0.6) is 0 Å². The Morgan fingerprint density at radius 2 is 2.09 bits per heavy atom. The van der Waals surface area contributed by atoms with Gasteiger partial charge in [0.25, 0.3) is 0 Å². The van der Waals surface area contributed by atoms with E-state index in [1.165, 1.54) is 0 Å². The first-order valence-corrected chi connectivity index (χ1v) is 8.53. The number of rotatable bonds is 4. The van der Waals surface area contributed by atoms with Crippen molar-refractivity contribution in [3.8, 4) is 6.07 Å². The predicted octanol–water partition coefficient (Wildman–Crippen LogP) is 2.37. The summed E-state index contributed by atoms with van der Waals surface area (Å²) in [5.74, 6) is -0.385. The average molecular weight is 427 g/mol. The fraction of sp³-hybridized carbons (Fsp3) is 0.438. The van der Waals surface area contributed by atoms with Gasteiger partial charge in [-0.1, -0.05) is 12.1 Å². The number of likely N-dealkylation sites (tertiary alicyclic amines) is 1.